The van der Waals surface area contributed by atoms with Crippen LogP contribution < -0.4 is 5.32 Å². The van der Waals surface area contributed by atoms with Gasteiger partial charge in [-0.15, -0.1) is 0 Å². The third kappa shape index (κ3) is 4.00. The van der Waals surface area contributed by atoms with Crippen molar-refractivity contribution in [3.63, 3.8) is 0 Å². The van der Waals surface area contributed by atoms with Crippen LogP contribution in [0.2, 0.25) is 5.02 Å². The standard InChI is InChI=1S/C15H16ClFN4O2/c16-11-1-2-13(17)14(9-11)18-15(22)21-6-4-20(5-7-21)10-12-3-8-23-19-12/h1-3,8-9H,4-7,10H2,(H,18,22). The number of halogens is 2. The minimum absolute atomic E-state index is 0.0903. The van der Waals surface area contributed by atoms with Crippen molar-refractivity contribution in [2.75, 3.05) is 31.5 Å². The summed E-state index contributed by atoms with van der Waals surface area (Å²) in [6, 6.07) is 5.56. The number of rotatable bonds is 3. The van der Waals surface area contributed by atoms with Crippen LogP contribution in [0.1, 0.15) is 5.69 Å². The van der Waals surface area contributed by atoms with Gasteiger partial charge < -0.3 is 14.7 Å². The topological polar surface area (TPSA) is 61.6 Å². The molecule has 0 bridgehead atoms. The summed E-state index contributed by atoms with van der Waals surface area (Å²) in [6.45, 7) is 3.25. The van der Waals surface area contributed by atoms with E-state index in [0.29, 0.717) is 24.7 Å². The Bertz CT molecular complexity index is 672. The van der Waals surface area contributed by atoms with Crippen LogP contribution in [-0.4, -0.2) is 47.2 Å². The summed E-state index contributed by atoms with van der Waals surface area (Å²) in [5, 5.41) is 6.81. The van der Waals surface area contributed by atoms with Crippen LogP contribution in [0.25, 0.3) is 0 Å². The Labute approximate surface area is 137 Å². The molecule has 1 aliphatic rings. The number of benzene rings is 1. The van der Waals surface area contributed by atoms with E-state index in [-0.39, 0.29) is 11.7 Å². The second-order valence-electron chi connectivity index (χ2n) is 5.31. The van der Waals surface area contributed by atoms with E-state index in [1.165, 1.54) is 18.2 Å². The second-order valence-corrected chi connectivity index (χ2v) is 5.74. The van der Waals surface area contributed by atoms with Gasteiger partial charge in [-0.2, -0.15) is 0 Å². The number of piperazine rings is 1. The van der Waals surface area contributed by atoms with Crippen molar-refractivity contribution in [3.8, 4) is 0 Å². The molecular formula is C15H16ClFN4O2. The zero-order chi connectivity index (χ0) is 16.2. The number of nitrogens with zero attached hydrogens (tertiary/aromatic N) is 3. The smallest absolute Gasteiger partial charge is 0.322 e. The maximum Gasteiger partial charge on any atom is 0.322 e. The lowest BCUT2D eigenvalue weighted by Gasteiger charge is -2.34. The number of aromatic nitrogens is 1. The van der Waals surface area contributed by atoms with Crippen LogP contribution in [-0.2, 0) is 6.54 Å². The van der Waals surface area contributed by atoms with E-state index in [2.05, 4.69) is 15.4 Å². The summed E-state index contributed by atoms with van der Waals surface area (Å²) in [6.07, 6.45) is 1.54. The predicted molar refractivity (Wildman–Crippen MR) is 83.8 cm³/mol. The van der Waals surface area contributed by atoms with Crippen LogP contribution in [0.3, 0.4) is 0 Å². The summed E-state index contributed by atoms with van der Waals surface area (Å²) in [5.74, 6) is -0.507. The molecule has 0 radical (unpaired) electrons. The van der Waals surface area contributed by atoms with Crippen molar-refractivity contribution < 1.29 is 13.7 Å². The summed E-state index contributed by atoms with van der Waals surface area (Å²) in [7, 11) is 0. The normalized spacial score (nSPS) is 15.7. The highest BCUT2D eigenvalue weighted by atomic mass is 35.5. The van der Waals surface area contributed by atoms with Crippen LogP contribution in [0.15, 0.2) is 35.1 Å². The third-order valence-corrected chi connectivity index (χ3v) is 3.94. The Balaban J connectivity index is 1.53. The molecular weight excluding hydrogens is 323 g/mol. The molecule has 2 amide bonds. The van der Waals surface area contributed by atoms with Gasteiger partial charge >= 0.3 is 6.03 Å². The molecule has 1 aromatic carbocycles. The summed E-state index contributed by atoms with van der Waals surface area (Å²) in [4.78, 5) is 16.0. The number of hydrogen-bond acceptors (Lipinski definition) is 4. The number of amides is 2. The van der Waals surface area contributed by atoms with Crippen LogP contribution in [0, 0.1) is 5.82 Å². The number of urea groups is 1. The highest BCUT2D eigenvalue weighted by Gasteiger charge is 2.22. The molecule has 0 aliphatic carbocycles. The average molecular weight is 339 g/mol. The quantitative estimate of drug-likeness (QED) is 0.934. The molecule has 0 saturated carbocycles. The fourth-order valence-electron chi connectivity index (χ4n) is 2.44. The molecule has 0 unspecified atom stereocenters. The molecule has 1 saturated heterocycles. The second kappa shape index (κ2) is 6.97. The van der Waals surface area contributed by atoms with Crippen molar-refractivity contribution in [1.29, 1.82) is 0 Å². The molecule has 1 fully saturated rings. The highest BCUT2D eigenvalue weighted by Crippen LogP contribution is 2.20. The third-order valence-electron chi connectivity index (χ3n) is 3.71. The fraction of sp³-hybridized carbons (Fsp3) is 0.333. The first-order chi connectivity index (χ1) is 11.1. The van der Waals surface area contributed by atoms with Crippen molar-refractivity contribution >= 4 is 23.3 Å². The van der Waals surface area contributed by atoms with E-state index in [9.17, 15) is 9.18 Å². The molecule has 0 spiro atoms. The maximum atomic E-state index is 13.7. The molecule has 8 heteroatoms. The van der Waals surface area contributed by atoms with E-state index in [0.717, 1.165) is 18.8 Å². The molecule has 1 aromatic heterocycles. The van der Waals surface area contributed by atoms with Gasteiger partial charge in [0.1, 0.15) is 12.1 Å². The summed E-state index contributed by atoms with van der Waals surface area (Å²) in [5.41, 5.74) is 0.955. The van der Waals surface area contributed by atoms with Crippen molar-refractivity contribution in [1.82, 2.24) is 15.0 Å². The van der Waals surface area contributed by atoms with Gasteiger partial charge in [-0.25, -0.2) is 9.18 Å². The van der Waals surface area contributed by atoms with Crippen LogP contribution >= 0.6 is 11.6 Å². The SMILES string of the molecule is O=C(Nc1cc(Cl)ccc1F)N1CCN(Cc2ccon2)CC1. The molecule has 23 heavy (non-hydrogen) atoms. The molecule has 122 valence electrons. The maximum absolute atomic E-state index is 13.7. The average Bonchev–Trinajstić information content (AvgIpc) is 3.04. The predicted octanol–water partition coefficient (Wildman–Crippen LogP) is 2.82. The first kappa shape index (κ1) is 15.8. The minimum Gasteiger partial charge on any atom is -0.364 e. The minimum atomic E-state index is -0.507. The zero-order valence-electron chi connectivity index (χ0n) is 12.3. The largest absolute Gasteiger partial charge is 0.364 e. The zero-order valence-corrected chi connectivity index (χ0v) is 13.1. The summed E-state index contributed by atoms with van der Waals surface area (Å²) >= 11 is 5.82. The number of carbonyl (C=O) groups excluding carboxylic acids is 1. The lowest BCUT2D eigenvalue weighted by atomic mass is 10.3. The van der Waals surface area contributed by atoms with Gasteiger partial charge in [0.05, 0.1) is 11.4 Å². The van der Waals surface area contributed by atoms with E-state index in [1.807, 2.05) is 6.07 Å². The molecule has 1 aliphatic heterocycles. The van der Waals surface area contributed by atoms with Gasteiger partial charge in [-0.05, 0) is 18.2 Å². The lowest BCUT2D eigenvalue weighted by Crippen LogP contribution is -2.49. The Kier molecular flexibility index (Phi) is 4.78. The van der Waals surface area contributed by atoms with Crippen LogP contribution in [0.4, 0.5) is 14.9 Å². The van der Waals surface area contributed by atoms with E-state index in [4.69, 9.17) is 16.1 Å². The highest BCUT2D eigenvalue weighted by molar-refractivity contribution is 6.30. The van der Waals surface area contributed by atoms with Gasteiger partial charge in [0.15, 0.2) is 0 Å². The molecule has 2 heterocycles. The molecule has 1 N–H and O–H groups in total. The fourth-order valence-corrected chi connectivity index (χ4v) is 2.62. The Morgan fingerprint density at radius 3 is 2.78 bits per heavy atom. The Morgan fingerprint density at radius 2 is 2.09 bits per heavy atom. The first-order valence-electron chi connectivity index (χ1n) is 7.24. The Morgan fingerprint density at radius 1 is 1.30 bits per heavy atom. The van der Waals surface area contributed by atoms with Crippen molar-refractivity contribution in [2.24, 2.45) is 0 Å². The number of hydrogen-bond donors (Lipinski definition) is 1. The van der Waals surface area contributed by atoms with E-state index < -0.39 is 5.82 Å². The number of anilines is 1. The van der Waals surface area contributed by atoms with Gasteiger partial charge in [0.25, 0.3) is 0 Å². The van der Waals surface area contributed by atoms with Gasteiger partial charge in [-0.3, -0.25) is 4.90 Å². The van der Waals surface area contributed by atoms with Crippen molar-refractivity contribution in [2.45, 2.75) is 6.54 Å². The lowest BCUT2D eigenvalue weighted by molar-refractivity contribution is 0.141. The molecule has 0 atom stereocenters. The Hall–Kier alpha value is -2.12. The first-order valence-corrected chi connectivity index (χ1v) is 7.62. The van der Waals surface area contributed by atoms with Crippen molar-refractivity contribution in [3.05, 3.63) is 47.1 Å². The number of carbonyl (C=O) groups is 1. The summed E-state index contributed by atoms with van der Waals surface area (Å²) < 4.78 is 18.5. The van der Waals surface area contributed by atoms with Gasteiger partial charge in [0, 0.05) is 43.8 Å². The molecule has 2 aromatic rings. The monoisotopic (exact) mass is 338 g/mol. The van der Waals surface area contributed by atoms with Crippen LogP contribution in [0.5, 0.6) is 0 Å². The molecule has 6 nitrogen and oxygen atoms in total. The van der Waals surface area contributed by atoms with E-state index >= 15 is 0 Å². The van der Waals surface area contributed by atoms with E-state index in [1.54, 1.807) is 11.2 Å². The number of nitrogens with one attached hydrogen (secondary N) is 1. The van der Waals surface area contributed by atoms with Gasteiger partial charge in [0.2, 0.25) is 0 Å². The molecule has 3 rings (SSSR count). The van der Waals surface area contributed by atoms with Gasteiger partial charge in [-0.1, -0.05) is 16.8 Å².